The van der Waals surface area contributed by atoms with E-state index in [-0.39, 0.29) is 12.2 Å². The van der Waals surface area contributed by atoms with E-state index in [1.165, 1.54) is 6.08 Å². The summed E-state index contributed by atoms with van der Waals surface area (Å²) in [5, 5.41) is 18.7. The van der Waals surface area contributed by atoms with Gasteiger partial charge in [-0.05, 0) is 51.7 Å². The predicted molar refractivity (Wildman–Crippen MR) is 90.6 cm³/mol. The van der Waals surface area contributed by atoms with Crippen LogP contribution in [0.15, 0.2) is 34.9 Å². The van der Waals surface area contributed by atoms with Crippen LogP contribution in [0.2, 0.25) is 0 Å². The molecule has 0 aromatic rings. The van der Waals surface area contributed by atoms with Crippen LogP contribution in [0.5, 0.6) is 0 Å². The van der Waals surface area contributed by atoms with Crippen molar-refractivity contribution in [1.29, 1.82) is 0 Å². The standard InChI is InChI=1S/C19H26O5/c1-12(7-8-16(21)22)5-4-6-13(2)9-10-19-15(20)11-14(3)17(23)18(19)24-19/h5,9,11,17-18,23H,4,6-8,10H2,1-3H3,(H,21,22)/b12-5+,13-9+/t17-,18-,19+/m1/s1. The van der Waals surface area contributed by atoms with Gasteiger partial charge in [-0.2, -0.15) is 0 Å². The topological polar surface area (TPSA) is 87.1 Å². The smallest absolute Gasteiger partial charge is 0.303 e. The Hall–Kier alpha value is -1.72. The Bertz CT molecular complexity index is 613. The molecule has 1 fully saturated rings. The maximum absolute atomic E-state index is 12.2. The number of ether oxygens (including phenoxy) is 1. The van der Waals surface area contributed by atoms with Gasteiger partial charge in [-0.1, -0.05) is 23.3 Å². The van der Waals surface area contributed by atoms with Gasteiger partial charge in [-0.25, -0.2) is 0 Å². The summed E-state index contributed by atoms with van der Waals surface area (Å²) in [6.45, 7) is 5.70. The molecule has 0 radical (unpaired) electrons. The number of fused-ring (bicyclic) bond motifs is 1. The lowest BCUT2D eigenvalue weighted by molar-refractivity contribution is -0.137. The lowest BCUT2D eigenvalue weighted by Crippen LogP contribution is -2.36. The normalized spacial score (nSPS) is 30.0. The van der Waals surface area contributed by atoms with Gasteiger partial charge in [0.15, 0.2) is 11.4 Å². The van der Waals surface area contributed by atoms with Crippen molar-refractivity contribution in [3.05, 3.63) is 34.9 Å². The van der Waals surface area contributed by atoms with E-state index in [2.05, 4.69) is 6.08 Å². The molecule has 24 heavy (non-hydrogen) atoms. The van der Waals surface area contributed by atoms with Gasteiger partial charge in [0.1, 0.15) is 12.2 Å². The summed E-state index contributed by atoms with van der Waals surface area (Å²) in [4.78, 5) is 22.7. The number of carboxylic acids is 1. The molecule has 0 amide bonds. The molecule has 1 heterocycles. The summed E-state index contributed by atoms with van der Waals surface area (Å²) in [7, 11) is 0. The van der Waals surface area contributed by atoms with Crippen LogP contribution in [-0.2, 0) is 14.3 Å². The van der Waals surface area contributed by atoms with E-state index in [0.717, 1.165) is 24.0 Å². The third-order valence-corrected chi connectivity index (χ3v) is 4.79. The predicted octanol–water partition coefficient (Wildman–Crippen LogP) is 2.94. The van der Waals surface area contributed by atoms with Crippen molar-refractivity contribution in [3.63, 3.8) is 0 Å². The van der Waals surface area contributed by atoms with E-state index < -0.39 is 23.8 Å². The van der Waals surface area contributed by atoms with Crippen molar-refractivity contribution >= 4 is 11.8 Å². The Morgan fingerprint density at radius 1 is 1.25 bits per heavy atom. The summed E-state index contributed by atoms with van der Waals surface area (Å²) in [5.41, 5.74) is 2.06. The van der Waals surface area contributed by atoms with Crippen LogP contribution in [-0.4, -0.2) is 39.8 Å². The van der Waals surface area contributed by atoms with Gasteiger partial charge in [0, 0.05) is 12.8 Å². The molecule has 2 aliphatic rings. The first-order valence-electron chi connectivity index (χ1n) is 8.38. The minimum atomic E-state index is -0.854. The Morgan fingerprint density at radius 3 is 2.58 bits per heavy atom. The van der Waals surface area contributed by atoms with Crippen LogP contribution in [0.3, 0.4) is 0 Å². The average molecular weight is 334 g/mol. The maximum Gasteiger partial charge on any atom is 0.303 e. The molecule has 0 spiro atoms. The maximum atomic E-state index is 12.2. The second-order valence-electron chi connectivity index (χ2n) is 6.86. The minimum Gasteiger partial charge on any atom is -0.481 e. The van der Waals surface area contributed by atoms with Crippen LogP contribution in [0.25, 0.3) is 0 Å². The highest BCUT2D eigenvalue weighted by Crippen LogP contribution is 2.48. The number of allylic oxidation sites excluding steroid dienone is 3. The monoisotopic (exact) mass is 334 g/mol. The number of epoxide rings is 1. The summed E-state index contributed by atoms with van der Waals surface area (Å²) in [5.74, 6) is -0.829. The van der Waals surface area contributed by atoms with E-state index in [9.17, 15) is 14.7 Å². The highest BCUT2D eigenvalue weighted by Gasteiger charge is 2.65. The Balaban J connectivity index is 1.82. The molecule has 1 aliphatic heterocycles. The lowest BCUT2D eigenvalue weighted by atomic mass is 9.84. The number of aliphatic hydroxyl groups is 1. The molecule has 5 heteroatoms. The molecule has 0 aromatic carbocycles. The fourth-order valence-corrected chi connectivity index (χ4v) is 3.01. The second kappa shape index (κ2) is 7.45. The molecule has 2 rings (SSSR count). The Labute approximate surface area is 142 Å². The first kappa shape index (κ1) is 18.6. The highest BCUT2D eigenvalue weighted by atomic mass is 16.6. The summed E-state index contributed by atoms with van der Waals surface area (Å²) in [6.07, 6.45) is 7.42. The van der Waals surface area contributed by atoms with Crippen LogP contribution in [0, 0.1) is 0 Å². The van der Waals surface area contributed by atoms with Crippen molar-refractivity contribution in [3.8, 4) is 0 Å². The van der Waals surface area contributed by atoms with Crippen molar-refractivity contribution < 1.29 is 24.5 Å². The van der Waals surface area contributed by atoms with Gasteiger partial charge >= 0.3 is 5.97 Å². The first-order valence-corrected chi connectivity index (χ1v) is 8.38. The third-order valence-electron chi connectivity index (χ3n) is 4.79. The van der Waals surface area contributed by atoms with E-state index >= 15 is 0 Å². The molecule has 1 aliphatic carbocycles. The molecule has 0 saturated carbocycles. The van der Waals surface area contributed by atoms with Crippen LogP contribution >= 0.6 is 0 Å². The van der Waals surface area contributed by atoms with Crippen molar-refractivity contribution in [1.82, 2.24) is 0 Å². The Morgan fingerprint density at radius 2 is 1.92 bits per heavy atom. The van der Waals surface area contributed by atoms with E-state index in [0.29, 0.717) is 18.4 Å². The second-order valence-corrected chi connectivity index (χ2v) is 6.86. The van der Waals surface area contributed by atoms with Crippen molar-refractivity contribution in [2.45, 2.75) is 70.7 Å². The van der Waals surface area contributed by atoms with Crippen molar-refractivity contribution in [2.24, 2.45) is 0 Å². The molecular weight excluding hydrogens is 308 g/mol. The number of aliphatic carboxylic acids is 1. The number of ketones is 1. The highest BCUT2D eigenvalue weighted by molar-refractivity contribution is 6.02. The molecule has 132 valence electrons. The number of rotatable bonds is 8. The third kappa shape index (κ3) is 4.22. The molecule has 0 bridgehead atoms. The molecule has 5 nitrogen and oxygen atoms in total. The molecule has 1 saturated heterocycles. The van der Waals surface area contributed by atoms with Gasteiger partial charge in [0.25, 0.3) is 0 Å². The van der Waals surface area contributed by atoms with E-state index in [4.69, 9.17) is 9.84 Å². The van der Waals surface area contributed by atoms with Crippen LogP contribution in [0.1, 0.15) is 52.9 Å². The van der Waals surface area contributed by atoms with Crippen LogP contribution < -0.4 is 0 Å². The van der Waals surface area contributed by atoms with E-state index in [1.54, 1.807) is 6.92 Å². The minimum absolute atomic E-state index is 0.0521. The molecule has 2 N–H and O–H groups in total. The van der Waals surface area contributed by atoms with Gasteiger partial charge in [0.05, 0.1) is 0 Å². The van der Waals surface area contributed by atoms with Crippen LogP contribution in [0.4, 0.5) is 0 Å². The number of carbonyl (C=O) groups is 2. The SMILES string of the molecule is CC1=CC(=O)[C@]2(C/C=C(\C)CC/C=C(\C)CCC(=O)O)O[C@@H]2[C@@H]1O. The van der Waals surface area contributed by atoms with Gasteiger partial charge in [-0.3, -0.25) is 9.59 Å². The summed E-state index contributed by atoms with van der Waals surface area (Å²) >= 11 is 0. The van der Waals surface area contributed by atoms with Gasteiger partial charge in [0.2, 0.25) is 0 Å². The van der Waals surface area contributed by atoms with E-state index in [1.807, 2.05) is 19.9 Å². The number of hydrogen-bond acceptors (Lipinski definition) is 4. The van der Waals surface area contributed by atoms with Gasteiger partial charge < -0.3 is 14.9 Å². The Kier molecular flexibility index (Phi) is 5.78. The fourth-order valence-electron chi connectivity index (χ4n) is 3.01. The molecule has 0 unspecified atom stereocenters. The molecular formula is C19H26O5. The first-order chi connectivity index (χ1) is 11.3. The average Bonchev–Trinajstić information content (AvgIpc) is 3.26. The zero-order chi connectivity index (χ0) is 17.9. The lowest BCUT2D eigenvalue weighted by Gasteiger charge is -2.17. The zero-order valence-corrected chi connectivity index (χ0v) is 14.5. The number of hydrogen-bond donors (Lipinski definition) is 2. The number of aliphatic hydroxyl groups excluding tert-OH is 1. The largest absolute Gasteiger partial charge is 0.481 e. The quantitative estimate of drug-likeness (QED) is 0.526. The zero-order valence-electron chi connectivity index (χ0n) is 14.5. The summed E-state index contributed by atoms with van der Waals surface area (Å²) < 4.78 is 5.54. The number of carbonyl (C=O) groups excluding carboxylic acids is 1. The fraction of sp³-hybridized carbons (Fsp3) is 0.579. The molecule has 0 aromatic heterocycles. The molecule has 3 atom stereocenters. The number of carboxylic acid groups (broad SMARTS) is 1. The van der Waals surface area contributed by atoms with Gasteiger partial charge in [-0.15, -0.1) is 0 Å². The summed E-state index contributed by atoms with van der Waals surface area (Å²) in [6, 6.07) is 0. The van der Waals surface area contributed by atoms with Crippen molar-refractivity contribution in [2.75, 3.05) is 0 Å².